The van der Waals surface area contributed by atoms with Crippen molar-refractivity contribution in [1.29, 1.82) is 0 Å². The van der Waals surface area contributed by atoms with E-state index in [4.69, 9.17) is 0 Å². The lowest BCUT2D eigenvalue weighted by molar-refractivity contribution is 0.866. The molecule has 1 atom stereocenters. The number of benzene rings is 13. The first-order valence-corrected chi connectivity index (χ1v) is 29.9. The maximum atomic E-state index is 2.53. The average Bonchev–Trinajstić information content (AvgIpc) is 4.43. The van der Waals surface area contributed by atoms with E-state index >= 15 is 0 Å². The molecule has 0 saturated carbocycles. The van der Waals surface area contributed by atoms with Crippen molar-refractivity contribution < 1.29 is 0 Å². The topological polar surface area (TPSA) is 4.93 Å². The van der Waals surface area contributed by atoms with Gasteiger partial charge in [-0.25, -0.2) is 0 Å². The normalized spacial score (nSPS) is 14.4. The second kappa shape index (κ2) is 17.6. The first-order chi connectivity index (χ1) is 39.1. The Labute approximate surface area is 464 Å². The summed E-state index contributed by atoms with van der Waals surface area (Å²) in [5, 5.41) is 18.7. The van der Waals surface area contributed by atoms with Crippen LogP contribution in [0.25, 0.3) is 141 Å². The molecule has 79 heavy (non-hydrogen) atoms. The number of rotatable bonds is 6. The lowest BCUT2D eigenvalue weighted by Crippen LogP contribution is -2.21. The molecule has 13 aromatic carbocycles. The summed E-state index contributed by atoms with van der Waals surface area (Å²) in [5.41, 5.74) is 18.0. The van der Waals surface area contributed by atoms with E-state index in [-0.39, 0.29) is 0 Å². The van der Waals surface area contributed by atoms with E-state index in [0.717, 1.165) is 6.42 Å². The van der Waals surface area contributed by atoms with Gasteiger partial charge in [-0.3, -0.25) is 0 Å². The molecule has 0 fully saturated rings. The Hall–Kier alpha value is -9.38. The smallest absolute Gasteiger partial charge is 0.0892 e. The zero-order valence-corrected chi connectivity index (χ0v) is 45.5. The third-order valence-electron chi connectivity index (χ3n) is 17.5. The molecule has 2 aromatic heterocycles. The van der Waals surface area contributed by atoms with Crippen LogP contribution in [0.1, 0.15) is 23.5 Å². The van der Waals surface area contributed by atoms with Crippen LogP contribution in [-0.4, -0.2) is 14.1 Å². The van der Waals surface area contributed by atoms with E-state index in [2.05, 4.69) is 272 Å². The molecule has 0 N–H and O–H groups in total. The molecule has 0 bridgehead atoms. The fourth-order valence-corrected chi connectivity index (χ4v) is 17.0. The van der Waals surface area contributed by atoms with Gasteiger partial charge in [0.15, 0.2) is 0 Å². The Morgan fingerprint density at radius 2 is 0.949 bits per heavy atom. The molecule has 0 radical (unpaired) electrons. The first kappa shape index (κ1) is 44.7. The van der Waals surface area contributed by atoms with Gasteiger partial charge in [-0.2, -0.15) is 0 Å². The minimum Gasteiger partial charge on any atom is -0.309 e. The Kier molecular flexibility index (Phi) is 9.95. The largest absolute Gasteiger partial charge is 0.309 e. The van der Waals surface area contributed by atoms with Gasteiger partial charge in [-0.05, 0) is 165 Å². The first-order valence-electron chi connectivity index (χ1n) is 27.7. The molecule has 0 saturated heterocycles. The summed E-state index contributed by atoms with van der Waals surface area (Å²) < 4.78 is 5.26. The number of thiophene rings is 1. The summed E-state index contributed by atoms with van der Waals surface area (Å²) in [6, 6.07) is 94.0. The number of nitrogens with zero attached hydrogens (tertiary/aromatic N) is 1. The van der Waals surface area contributed by atoms with Gasteiger partial charge in [0.05, 0.1) is 20.6 Å². The van der Waals surface area contributed by atoms with Crippen LogP contribution in [0.3, 0.4) is 0 Å². The summed E-state index contributed by atoms with van der Waals surface area (Å²) in [5.74, 6) is 0.301. The number of aromatic nitrogens is 1. The summed E-state index contributed by atoms with van der Waals surface area (Å²) in [7, 11) is -0.753. The van der Waals surface area contributed by atoms with Crippen LogP contribution in [0, 0.1) is 0 Å². The van der Waals surface area contributed by atoms with Crippen molar-refractivity contribution in [1.82, 2.24) is 4.57 Å². The van der Waals surface area contributed by atoms with Crippen LogP contribution in [0.15, 0.2) is 267 Å². The fourth-order valence-electron chi connectivity index (χ4n) is 13.7. The summed E-state index contributed by atoms with van der Waals surface area (Å²) in [6.07, 6.45) is 8.24. The predicted molar refractivity (Wildman–Crippen MR) is 344 cm³/mol. The van der Waals surface area contributed by atoms with Crippen molar-refractivity contribution in [3.05, 3.63) is 278 Å². The van der Waals surface area contributed by atoms with E-state index < -0.39 is 9.52 Å². The number of hydrogen-bond acceptors (Lipinski definition) is 1. The van der Waals surface area contributed by atoms with E-state index in [1.165, 1.54) is 162 Å². The molecule has 1 unspecified atom stereocenters. The molecule has 368 valence electrons. The quantitative estimate of drug-likeness (QED) is 0.116. The van der Waals surface area contributed by atoms with Crippen molar-refractivity contribution in [2.75, 3.05) is 0 Å². The molecule has 0 spiro atoms. The van der Waals surface area contributed by atoms with Crippen LogP contribution < -0.4 is 10.4 Å². The van der Waals surface area contributed by atoms with Crippen molar-refractivity contribution in [2.45, 2.75) is 12.3 Å². The average molecular weight is 1040 g/mol. The van der Waals surface area contributed by atoms with E-state index in [1.54, 1.807) is 0 Å². The van der Waals surface area contributed by atoms with Gasteiger partial charge in [-0.1, -0.05) is 223 Å². The SMILES string of the molecule is C1=CC(c2cc3ccccc3c3ccccc23)CC=C1c1ccc2c(c1)c1cc(-c3ccc(-c4cc5ccccc5c5ccccc45)cc3)ccc1n2-c1ccc2c(c1)[SiH2]c1cc(-c3cccc4c3sc3ccccc34)ccc1-2. The van der Waals surface area contributed by atoms with Crippen LogP contribution in [0.4, 0.5) is 0 Å². The Morgan fingerprint density at radius 1 is 0.367 bits per heavy atom. The lowest BCUT2D eigenvalue weighted by Gasteiger charge is -2.20. The minimum atomic E-state index is -0.753. The maximum Gasteiger partial charge on any atom is 0.0892 e. The number of hydrogen-bond donors (Lipinski definition) is 0. The molecule has 3 heteroatoms. The molecule has 3 heterocycles. The second-order valence-corrected chi connectivity index (χ2v) is 24.8. The van der Waals surface area contributed by atoms with E-state index in [0.29, 0.717) is 5.92 Å². The van der Waals surface area contributed by atoms with Crippen LogP contribution in [-0.2, 0) is 0 Å². The maximum absolute atomic E-state index is 2.53. The molecule has 2 aliphatic rings. The van der Waals surface area contributed by atoms with E-state index in [9.17, 15) is 0 Å². The Balaban J connectivity index is 0.758. The van der Waals surface area contributed by atoms with Crippen LogP contribution in [0.2, 0.25) is 0 Å². The predicted octanol–water partition coefficient (Wildman–Crippen LogP) is 19.0. The fraction of sp³-hybridized carbons (Fsp3) is 0.0263. The lowest BCUT2D eigenvalue weighted by atomic mass is 9.84. The molecule has 15 aromatic rings. The summed E-state index contributed by atoms with van der Waals surface area (Å²) >= 11 is 1.92. The van der Waals surface area contributed by atoms with Gasteiger partial charge < -0.3 is 4.57 Å². The third-order valence-corrected chi connectivity index (χ3v) is 20.7. The van der Waals surface area contributed by atoms with Gasteiger partial charge in [0.2, 0.25) is 0 Å². The molecule has 17 rings (SSSR count). The van der Waals surface area contributed by atoms with Crippen LogP contribution >= 0.6 is 11.3 Å². The van der Waals surface area contributed by atoms with Gasteiger partial charge >= 0.3 is 0 Å². The molecule has 0 amide bonds. The monoisotopic (exact) mass is 1040 g/mol. The highest BCUT2D eigenvalue weighted by molar-refractivity contribution is 7.26. The molecule has 1 aliphatic heterocycles. The third kappa shape index (κ3) is 7.06. The summed E-state index contributed by atoms with van der Waals surface area (Å²) in [4.78, 5) is 0. The van der Waals surface area contributed by atoms with Crippen molar-refractivity contribution in [2.24, 2.45) is 0 Å². The highest BCUT2D eigenvalue weighted by Gasteiger charge is 2.24. The van der Waals surface area contributed by atoms with Gasteiger partial charge in [0.1, 0.15) is 0 Å². The Morgan fingerprint density at radius 3 is 1.71 bits per heavy atom. The second-order valence-electron chi connectivity index (χ2n) is 21.8. The van der Waals surface area contributed by atoms with Gasteiger partial charge in [0.25, 0.3) is 0 Å². The number of fused-ring (bicyclic) bond motifs is 15. The van der Waals surface area contributed by atoms with Crippen LogP contribution in [0.5, 0.6) is 0 Å². The molecular weight excluding hydrogens is 987 g/mol. The number of allylic oxidation sites excluding steroid dienone is 4. The van der Waals surface area contributed by atoms with Crippen molar-refractivity contribution >= 4 is 122 Å². The van der Waals surface area contributed by atoms with Crippen molar-refractivity contribution in [3.8, 4) is 50.2 Å². The zero-order valence-electron chi connectivity index (χ0n) is 43.3. The zero-order chi connectivity index (χ0) is 51.7. The van der Waals surface area contributed by atoms with Gasteiger partial charge in [-0.15, -0.1) is 11.3 Å². The summed E-state index contributed by atoms with van der Waals surface area (Å²) in [6.45, 7) is 0. The van der Waals surface area contributed by atoms with E-state index in [1.807, 2.05) is 11.3 Å². The molecular formula is C76H49NSSi. The molecule has 1 nitrogen and oxygen atoms in total. The standard InChI is InChI=1S/C76H49NSSi/c1-3-14-56-52(12-1)42-67(61-18-7-5-16-59(56)61)48-28-24-46(25-29-48)50-33-38-71-69(40-50)70-41-51(47-26-30-49(31-27-47)68-43-53-13-2-4-15-57(53)60-17-6-8-19-62(60)68)34-39-72(70)77(71)55-35-37-65-64-36-32-54(44-74(64)79-75(65)45-55)58-21-11-22-66-63-20-9-10-23-73(63)78-76(58)66/h1-30,32-45,49H,31,79H2. The molecule has 1 aliphatic carbocycles. The highest BCUT2D eigenvalue weighted by atomic mass is 32.1. The van der Waals surface area contributed by atoms with Crippen molar-refractivity contribution in [3.63, 3.8) is 0 Å². The van der Waals surface area contributed by atoms with Gasteiger partial charge in [0, 0.05) is 42.6 Å². The Bertz CT molecular complexity index is 5140. The minimum absolute atomic E-state index is 0.301. The highest BCUT2D eigenvalue weighted by Crippen LogP contribution is 2.44.